The van der Waals surface area contributed by atoms with Crippen LogP contribution in [-0.2, 0) is 16.1 Å². The molecule has 1 heterocycles. The topological polar surface area (TPSA) is 57.7 Å². The third-order valence-corrected chi connectivity index (χ3v) is 3.74. The van der Waals surface area contributed by atoms with Crippen LogP contribution in [0.4, 0.5) is 0 Å². The van der Waals surface area contributed by atoms with Crippen LogP contribution in [0.1, 0.15) is 27.9 Å². The number of fused-ring (bicyclic) bond motifs is 1. The maximum atomic E-state index is 12.3. The van der Waals surface area contributed by atoms with Crippen LogP contribution < -0.4 is 0 Å². The number of benzene rings is 1. The molecule has 1 atom stereocenters. The molecule has 5 heteroatoms. The first kappa shape index (κ1) is 14.2. The summed E-state index contributed by atoms with van der Waals surface area (Å²) in [4.78, 5) is 37.2. The number of rotatable bonds is 6. The Hall–Kier alpha value is -2.17. The van der Waals surface area contributed by atoms with E-state index in [0.717, 1.165) is 17.4 Å². The van der Waals surface area contributed by atoms with Crippen LogP contribution in [0, 0.1) is 6.92 Å². The van der Waals surface area contributed by atoms with E-state index in [9.17, 15) is 14.4 Å². The van der Waals surface area contributed by atoms with Gasteiger partial charge in [-0.05, 0) is 30.5 Å². The van der Waals surface area contributed by atoms with Crippen molar-refractivity contribution in [2.45, 2.75) is 25.9 Å². The molecule has 2 amide bonds. The van der Waals surface area contributed by atoms with Crippen molar-refractivity contribution in [3.63, 3.8) is 0 Å². The fourth-order valence-corrected chi connectivity index (χ4v) is 2.46. The standard InChI is InChI=1S/C15H18N2O3/c1-11-4-3-5-13-14(11)8-17(15(13)20)12(9-18)6-7-16(2)10-19/h3-5,9-10,12H,6-8H2,1-2H3. The van der Waals surface area contributed by atoms with Crippen molar-refractivity contribution in [1.82, 2.24) is 9.80 Å². The van der Waals surface area contributed by atoms with Crippen molar-refractivity contribution >= 4 is 18.6 Å². The third kappa shape index (κ3) is 2.57. The summed E-state index contributed by atoms with van der Waals surface area (Å²) in [6.07, 6.45) is 1.96. The third-order valence-electron chi connectivity index (χ3n) is 3.74. The number of aryl methyl sites for hydroxylation is 1. The van der Waals surface area contributed by atoms with E-state index in [2.05, 4.69) is 0 Å². The van der Waals surface area contributed by atoms with E-state index in [0.29, 0.717) is 31.5 Å². The van der Waals surface area contributed by atoms with Crippen LogP contribution in [0.2, 0.25) is 0 Å². The molecule has 0 bridgehead atoms. The van der Waals surface area contributed by atoms with Crippen molar-refractivity contribution in [2.24, 2.45) is 0 Å². The van der Waals surface area contributed by atoms with Gasteiger partial charge in [0.05, 0.1) is 6.04 Å². The van der Waals surface area contributed by atoms with E-state index in [1.807, 2.05) is 19.1 Å². The predicted octanol–water partition coefficient (Wildman–Crippen LogP) is 0.997. The highest BCUT2D eigenvalue weighted by Gasteiger charge is 2.33. The monoisotopic (exact) mass is 274 g/mol. The van der Waals surface area contributed by atoms with Crippen molar-refractivity contribution in [2.75, 3.05) is 13.6 Å². The lowest BCUT2D eigenvalue weighted by molar-refractivity contribution is -0.118. The van der Waals surface area contributed by atoms with Crippen LogP contribution in [0.25, 0.3) is 0 Å². The van der Waals surface area contributed by atoms with Crippen molar-refractivity contribution in [3.8, 4) is 0 Å². The van der Waals surface area contributed by atoms with Crippen LogP contribution >= 0.6 is 0 Å². The second-order valence-corrected chi connectivity index (χ2v) is 5.11. The molecule has 1 unspecified atom stereocenters. The fraction of sp³-hybridized carbons (Fsp3) is 0.400. The Morgan fingerprint density at radius 3 is 2.75 bits per heavy atom. The van der Waals surface area contributed by atoms with Crippen molar-refractivity contribution in [3.05, 3.63) is 34.9 Å². The Balaban J connectivity index is 2.14. The van der Waals surface area contributed by atoms with Gasteiger partial charge in [0.2, 0.25) is 6.41 Å². The summed E-state index contributed by atoms with van der Waals surface area (Å²) < 4.78 is 0. The van der Waals surface area contributed by atoms with Gasteiger partial charge in [-0.15, -0.1) is 0 Å². The Morgan fingerprint density at radius 2 is 2.15 bits per heavy atom. The molecule has 0 saturated heterocycles. The second-order valence-electron chi connectivity index (χ2n) is 5.11. The summed E-state index contributed by atoms with van der Waals surface area (Å²) >= 11 is 0. The molecule has 106 valence electrons. The molecule has 0 spiro atoms. The highest BCUT2D eigenvalue weighted by molar-refractivity contribution is 6.00. The van der Waals surface area contributed by atoms with Gasteiger partial charge in [0.25, 0.3) is 5.91 Å². The first-order valence-corrected chi connectivity index (χ1v) is 6.58. The summed E-state index contributed by atoms with van der Waals surface area (Å²) in [5.41, 5.74) is 2.74. The average Bonchev–Trinajstić information content (AvgIpc) is 2.79. The van der Waals surface area contributed by atoms with Crippen molar-refractivity contribution in [1.29, 1.82) is 0 Å². The number of carbonyl (C=O) groups excluding carboxylic acids is 3. The fourth-order valence-electron chi connectivity index (χ4n) is 2.46. The van der Waals surface area contributed by atoms with Crippen LogP contribution in [-0.4, -0.2) is 48.0 Å². The first-order valence-electron chi connectivity index (χ1n) is 6.58. The molecule has 1 aromatic carbocycles. The average molecular weight is 274 g/mol. The maximum absolute atomic E-state index is 12.3. The van der Waals surface area contributed by atoms with Crippen LogP contribution in [0.15, 0.2) is 18.2 Å². The zero-order valence-electron chi connectivity index (χ0n) is 11.7. The predicted molar refractivity (Wildman–Crippen MR) is 74.2 cm³/mol. The Bertz CT molecular complexity index is 542. The van der Waals surface area contributed by atoms with E-state index in [1.165, 1.54) is 4.90 Å². The number of carbonyl (C=O) groups is 3. The molecule has 1 aliphatic rings. The van der Waals surface area contributed by atoms with Crippen LogP contribution in [0.3, 0.4) is 0 Å². The lowest BCUT2D eigenvalue weighted by atomic mass is 10.1. The minimum atomic E-state index is -0.489. The summed E-state index contributed by atoms with van der Waals surface area (Å²) in [7, 11) is 1.65. The summed E-state index contributed by atoms with van der Waals surface area (Å²) in [6, 6.07) is 5.12. The maximum Gasteiger partial charge on any atom is 0.255 e. The summed E-state index contributed by atoms with van der Waals surface area (Å²) in [5, 5.41) is 0. The molecular formula is C15H18N2O3. The molecule has 0 aliphatic carbocycles. The highest BCUT2D eigenvalue weighted by Crippen LogP contribution is 2.27. The molecule has 20 heavy (non-hydrogen) atoms. The largest absolute Gasteiger partial charge is 0.348 e. The SMILES string of the molecule is Cc1cccc2c1CN(C(C=O)CCN(C)C=O)C2=O. The van der Waals surface area contributed by atoms with Gasteiger partial charge in [-0.1, -0.05) is 12.1 Å². The van der Waals surface area contributed by atoms with Gasteiger partial charge in [0.15, 0.2) is 0 Å². The van der Waals surface area contributed by atoms with E-state index < -0.39 is 6.04 Å². The van der Waals surface area contributed by atoms with Crippen LogP contribution in [0.5, 0.6) is 0 Å². The summed E-state index contributed by atoms with van der Waals surface area (Å²) in [5.74, 6) is -0.102. The molecule has 1 aliphatic heterocycles. The normalized spacial score (nSPS) is 14.9. The van der Waals surface area contributed by atoms with Gasteiger partial charge in [-0.3, -0.25) is 9.59 Å². The first-order chi connectivity index (χ1) is 9.58. The Morgan fingerprint density at radius 1 is 1.40 bits per heavy atom. The number of amides is 2. The molecular weight excluding hydrogens is 256 g/mol. The summed E-state index contributed by atoms with van der Waals surface area (Å²) in [6.45, 7) is 2.88. The molecule has 1 aromatic rings. The zero-order chi connectivity index (χ0) is 14.7. The Kier molecular flexibility index (Phi) is 4.17. The van der Waals surface area contributed by atoms with E-state index in [4.69, 9.17) is 0 Å². The minimum Gasteiger partial charge on any atom is -0.348 e. The lowest BCUT2D eigenvalue weighted by Gasteiger charge is -2.24. The number of aldehydes is 1. The number of nitrogens with zero attached hydrogens (tertiary/aromatic N) is 2. The molecule has 0 radical (unpaired) electrons. The smallest absolute Gasteiger partial charge is 0.255 e. The molecule has 5 nitrogen and oxygen atoms in total. The number of hydrogen-bond acceptors (Lipinski definition) is 3. The van der Waals surface area contributed by atoms with Gasteiger partial charge in [-0.25, -0.2) is 0 Å². The highest BCUT2D eigenvalue weighted by atomic mass is 16.2. The zero-order valence-corrected chi connectivity index (χ0v) is 11.7. The van der Waals surface area contributed by atoms with Gasteiger partial charge < -0.3 is 14.6 Å². The quantitative estimate of drug-likeness (QED) is 0.727. The van der Waals surface area contributed by atoms with Crippen molar-refractivity contribution < 1.29 is 14.4 Å². The second kappa shape index (κ2) is 5.86. The minimum absolute atomic E-state index is 0.102. The van der Waals surface area contributed by atoms with Gasteiger partial charge >= 0.3 is 0 Å². The van der Waals surface area contributed by atoms with Gasteiger partial charge in [0.1, 0.15) is 6.29 Å². The molecule has 0 fully saturated rings. The molecule has 0 aromatic heterocycles. The van der Waals surface area contributed by atoms with E-state index in [-0.39, 0.29) is 5.91 Å². The van der Waals surface area contributed by atoms with E-state index >= 15 is 0 Å². The van der Waals surface area contributed by atoms with Gasteiger partial charge in [-0.2, -0.15) is 0 Å². The molecule has 0 N–H and O–H groups in total. The Labute approximate surface area is 118 Å². The molecule has 2 rings (SSSR count). The van der Waals surface area contributed by atoms with E-state index in [1.54, 1.807) is 18.0 Å². The molecule has 0 saturated carbocycles. The number of hydrogen-bond donors (Lipinski definition) is 0. The lowest BCUT2D eigenvalue weighted by Crippen LogP contribution is -2.39. The van der Waals surface area contributed by atoms with Gasteiger partial charge in [0, 0.05) is 25.7 Å².